The summed E-state index contributed by atoms with van der Waals surface area (Å²) in [6.07, 6.45) is 0. The predicted octanol–water partition coefficient (Wildman–Crippen LogP) is 15.3. The first-order chi connectivity index (χ1) is 28.3. The van der Waals surface area contributed by atoms with Crippen LogP contribution in [0.25, 0.3) is 92.9 Å². The largest absolute Gasteiger partial charge is 0.456 e. The molecule has 0 aliphatic carbocycles. The van der Waals surface area contributed by atoms with E-state index in [1.807, 2.05) is 12.1 Å². The first-order valence-corrected chi connectivity index (χ1v) is 19.5. The van der Waals surface area contributed by atoms with Crippen LogP contribution in [0.15, 0.2) is 211 Å². The Labute approximate surface area is 328 Å². The molecule has 3 nitrogen and oxygen atoms in total. The summed E-state index contributed by atoms with van der Waals surface area (Å²) in [5.74, 6) is 0. The van der Waals surface area contributed by atoms with E-state index >= 15 is 0 Å². The average molecular weight is 727 g/mol. The number of anilines is 3. The second-order valence-corrected chi connectivity index (χ2v) is 14.9. The predicted molar refractivity (Wildman–Crippen MR) is 241 cm³/mol. The molecule has 0 N–H and O–H groups in total. The molecule has 3 heteroatoms. The quantitative estimate of drug-likeness (QED) is 0.165. The molecule has 12 aromatic rings. The maximum absolute atomic E-state index is 6.27. The second kappa shape index (κ2) is 12.5. The first kappa shape index (κ1) is 31.7. The molecule has 0 amide bonds. The van der Waals surface area contributed by atoms with Crippen molar-refractivity contribution in [1.29, 1.82) is 0 Å². The fourth-order valence-corrected chi connectivity index (χ4v) is 9.12. The van der Waals surface area contributed by atoms with Crippen LogP contribution >= 0.6 is 0 Å². The molecule has 0 fully saturated rings. The monoisotopic (exact) mass is 726 g/mol. The van der Waals surface area contributed by atoms with E-state index in [1.54, 1.807) is 0 Å². The topological polar surface area (TPSA) is 21.3 Å². The molecule has 2 heterocycles. The minimum atomic E-state index is 0.885. The van der Waals surface area contributed by atoms with Gasteiger partial charge in [-0.2, -0.15) is 0 Å². The number of benzene rings is 10. The first-order valence-electron chi connectivity index (χ1n) is 19.5. The van der Waals surface area contributed by atoms with Gasteiger partial charge in [-0.3, -0.25) is 0 Å². The number of hydrogen-bond acceptors (Lipinski definition) is 2. The van der Waals surface area contributed by atoms with E-state index in [0.29, 0.717) is 0 Å². The molecule has 0 radical (unpaired) electrons. The third kappa shape index (κ3) is 4.92. The highest BCUT2D eigenvalue weighted by Gasteiger charge is 2.20. The zero-order chi connectivity index (χ0) is 37.5. The van der Waals surface area contributed by atoms with Crippen molar-refractivity contribution < 1.29 is 4.42 Å². The van der Waals surface area contributed by atoms with Crippen LogP contribution in [0.4, 0.5) is 17.1 Å². The second-order valence-electron chi connectivity index (χ2n) is 14.9. The Morgan fingerprint density at radius 1 is 0.333 bits per heavy atom. The van der Waals surface area contributed by atoms with Crippen LogP contribution in [0, 0.1) is 0 Å². The summed E-state index contributed by atoms with van der Waals surface area (Å²) in [5.41, 5.74) is 11.0. The van der Waals surface area contributed by atoms with Gasteiger partial charge in [-0.25, -0.2) is 0 Å². The molecule has 10 aromatic carbocycles. The number of furan rings is 1. The summed E-state index contributed by atoms with van der Waals surface area (Å²) < 4.78 is 8.70. The Balaban J connectivity index is 1.03. The normalized spacial score (nSPS) is 11.9. The smallest absolute Gasteiger partial charge is 0.135 e. The van der Waals surface area contributed by atoms with E-state index in [-0.39, 0.29) is 0 Å². The Morgan fingerprint density at radius 3 is 1.81 bits per heavy atom. The zero-order valence-electron chi connectivity index (χ0n) is 30.9. The lowest BCUT2D eigenvalue weighted by Gasteiger charge is -2.28. The minimum absolute atomic E-state index is 0.885. The van der Waals surface area contributed by atoms with Crippen LogP contribution < -0.4 is 4.90 Å². The summed E-state index contributed by atoms with van der Waals surface area (Å²) in [6.45, 7) is 0. The van der Waals surface area contributed by atoms with Crippen molar-refractivity contribution in [3.8, 4) is 16.8 Å². The van der Waals surface area contributed by atoms with Crippen molar-refractivity contribution in [3.63, 3.8) is 0 Å². The van der Waals surface area contributed by atoms with E-state index in [1.165, 1.54) is 70.9 Å². The molecule has 0 aliphatic heterocycles. The van der Waals surface area contributed by atoms with E-state index in [0.717, 1.165) is 39.0 Å². The summed E-state index contributed by atoms with van der Waals surface area (Å²) in [7, 11) is 0. The lowest BCUT2D eigenvalue weighted by molar-refractivity contribution is 0.669. The van der Waals surface area contributed by atoms with Crippen LogP contribution in [-0.4, -0.2) is 4.57 Å². The van der Waals surface area contributed by atoms with Crippen LogP contribution in [0.1, 0.15) is 0 Å². The van der Waals surface area contributed by atoms with Crippen LogP contribution in [0.3, 0.4) is 0 Å². The van der Waals surface area contributed by atoms with Gasteiger partial charge in [-0.1, -0.05) is 140 Å². The van der Waals surface area contributed by atoms with E-state index in [4.69, 9.17) is 4.42 Å². The van der Waals surface area contributed by atoms with Gasteiger partial charge in [0.05, 0.1) is 22.4 Å². The van der Waals surface area contributed by atoms with Crippen LogP contribution in [0.2, 0.25) is 0 Å². The minimum Gasteiger partial charge on any atom is -0.456 e. The van der Waals surface area contributed by atoms with Crippen molar-refractivity contribution in [3.05, 3.63) is 206 Å². The number of rotatable bonds is 5. The highest BCUT2D eigenvalue weighted by atomic mass is 16.3. The fourth-order valence-electron chi connectivity index (χ4n) is 9.12. The molecule has 266 valence electrons. The van der Waals surface area contributed by atoms with E-state index in [9.17, 15) is 0 Å². The Hall–Kier alpha value is -7.62. The van der Waals surface area contributed by atoms with Gasteiger partial charge in [0.25, 0.3) is 0 Å². The van der Waals surface area contributed by atoms with Crippen molar-refractivity contribution in [2.75, 3.05) is 4.90 Å². The molecule has 0 aliphatic rings. The molecule has 2 aromatic heterocycles. The van der Waals surface area contributed by atoms with Gasteiger partial charge in [0.1, 0.15) is 11.2 Å². The Morgan fingerprint density at radius 2 is 0.947 bits per heavy atom. The molecule has 0 unspecified atom stereocenters. The molecule has 0 saturated carbocycles. The Kier molecular flexibility index (Phi) is 6.93. The number of aromatic nitrogens is 1. The summed E-state index contributed by atoms with van der Waals surface area (Å²) >= 11 is 0. The summed E-state index contributed by atoms with van der Waals surface area (Å²) in [6, 6.07) is 74.6. The van der Waals surface area contributed by atoms with Crippen LogP contribution in [0.5, 0.6) is 0 Å². The third-order valence-corrected chi connectivity index (χ3v) is 11.7. The van der Waals surface area contributed by atoms with Gasteiger partial charge < -0.3 is 13.9 Å². The number of para-hydroxylation sites is 2. The van der Waals surface area contributed by atoms with Crippen LogP contribution in [-0.2, 0) is 0 Å². The number of fused-ring (bicyclic) bond motifs is 10. The van der Waals surface area contributed by atoms with Crippen molar-refractivity contribution in [1.82, 2.24) is 4.57 Å². The highest BCUT2D eigenvalue weighted by molar-refractivity contribution is 6.16. The van der Waals surface area contributed by atoms with Gasteiger partial charge in [-0.15, -0.1) is 0 Å². The van der Waals surface area contributed by atoms with Crippen molar-refractivity contribution >= 4 is 93.1 Å². The SMILES string of the molecule is c1ccc2c(-n3c4ccccc4c4cc(-c5ccc(N(c6ccc7oc8ccccc8c7c6)c6cc7ccccc7c7ccccc67)cc5)ccc43)cccc2c1. The molecule has 0 spiro atoms. The maximum Gasteiger partial charge on any atom is 0.135 e. The zero-order valence-corrected chi connectivity index (χ0v) is 30.9. The lowest BCUT2D eigenvalue weighted by atomic mass is 9.98. The molecular weight excluding hydrogens is 693 g/mol. The molecule has 0 bridgehead atoms. The number of nitrogens with zero attached hydrogens (tertiary/aromatic N) is 2. The molecule has 0 saturated heterocycles. The van der Waals surface area contributed by atoms with Gasteiger partial charge >= 0.3 is 0 Å². The van der Waals surface area contributed by atoms with Gasteiger partial charge in [0.2, 0.25) is 0 Å². The summed E-state index contributed by atoms with van der Waals surface area (Å²) in [5, 5.41) is 12.1. The fraction of sp³-hybridized carbons (Fsp3) is 0. The highest BCUT2D eigenvalue weighted by Crippen LogP contribution is 2.44. The molecule has 57 heavy (non-hydrogen) atoms. The van der Waals surface area contributed by atoms with Gasteiger partial charge in [0.15, 0.2) is 0 Å². The van der Waals surface area contributed by atoms with Gasteiger partial charge in [0, 0.05) is 43.7 Å². The Bertz CT molecular complexity index is 3530. The molecule has 0 atom stereocenters. The van der Waals surface area contributed by atoms with Crippen molar-refractivity contribution in [2.45, 2.75) is 0 Å². The average Bonchev–Trinajstić information content (AvgIpc) is 3.82. The standard InChI is InChI=1S/C54H34N2O/c1-4-16-42-36(12-1)14-11-22-49(42)56-50-21-9-7-19-45(50)47-32-37(26-30-51(47)56)35-24-27-39(28-25-35)55(40-29-31-54-48(34-40)46-20-8-10-23-53(46)57-54)52-33-38-13-2-3-15-41(38)43-17-5-6-18-44(43)52/h1-34H. The molecular formula is C54H34N2O. The van der Waals surface area contributed by atoms with Gasteiger partial charge in [-0.05, 0) is 99.4 Å². The van der Waals surface area contributed by atoms with Crippen molar-refractivity contribution in [2.24, 2.45) is 0 Å². The molecule has 12 rings (SSSR count). The van der Waals surface area contributed by atoms with E-state index in [2.05, 4.69) is 204 Å². The van der Waals surface area contributed by atoms with E-state index < -0.39 is 0 Å². The lowest BCUT2D eigenvalue weighted by Crippen LogP contribution is -2.10. The maximum atomic E-state index is 6.27. The number of hydrogen-bond donors (Lipinski definition) is 0. The third-order valence-electron chi connectivity index (χ3n) is 11.7. The summed E-state index contributed by atoms with van der Waals surface area (Å²) in [4.78, 5) is 2.40.